The third kappa shape index (κ3) is 5.24. The summed E-state index contributed by atoms with van der Waals surface area (Å²) in [6.45, 7) is 3.71. The molecule has 4 aromatic rings. The zero-order chi connectivity index (χ0) is 24.0. The average molecular weight is 470 g/mol. The molecule has 1 saturated heterocycles. The third-order valence-electron chi connectivity index (χ3n) is 5.94. The van der Waals surface area contributed by atoms with E-state index in [1.54, 1.807) is 29.3 Å². The van der Waals surface area contributed by atoms with Gasteiger partial charge >= 0.3 is 0 Å². The number of hydrogen-bond acceptors (Lipinski definition) is 7. The van der Waals surface area contributed by atoms with E-state index in [4.69, 9.17) is 0 Å². The molecular formula is C26H24FN7O. The number of amides is 1. The van der Waals surface area contributed by atoms with Crippen molar-refractivity contribution in [3.63, 3.8) is 0 Å². The smallest absolute Gasteiger partial charge is 0.260 e. The fourth-order valence-corrected chi connectivity index (χ4v) is 4.06. The molecule has 35 heavy (non-hydrogen) atoms. The van der Waals surface area contributed by atoms with Gasteiger partial charge in [0.25, 0.3) is 5.91 Å². The Balaban J connectivity index is 1.29. The fourth-order valence-electron chi connectivity index (χ4n) is 4.06. The maximum Gasteiger partial charge on any atom is 0.260 e. The summed E-state index contributed by atoms with van der Waals surface area (Å²) >= 11 is 0. The predicted molar refractivity (Wildman–Crippen MR) is 132 cm³/mol. The van der Waals surface area contributed by atoms with Crippen LogP contribution in [0.2, 0.25) is 0 Å². The lowest BCUT2D eigenvalue weighted by atomic mass is 10.2. The van der Waals surface area contributed by atoms with Crippen LogP contribution in [0.25, 0.3) is 0 Å². The van der Waals surface area contributed by atoms with Gasteiger partial charge in [0.05, 0.1) is 24.5 Å². The van der Waals surface area contributed by atoms with Gasteiger partial charge in [-0.25, -0.2) is 14.4 Å². The molecule has 8 nitrogen and oxygen atoms in total. The largest absolute Gasteiger partial charge is 0.353 e. The monoisotopic (exact) mass is 469 g/mol. The van der Waals surface area contributed by atoms with Gasteiger partial charge in [-0.1, -0.05) is 12.1 Å². The highest BCUT2D eigenvalue weighted by Crippen LogP contribution is 2.22. The number of rotatable bonds is 6. The molecule has 1 fully saturated rings. The first kappa shape index (κ1) is 22.4. The molecule has 4 heterocycles. The van der Waals surface area contributed by atoms with Crippen LogP contribution in [-0.2, 0) is 6.54 Å². The quantitative estimate of drug-likeness (QED) is 0.427. The molecule has 9 heteroatoms. The van der Waals surface area contributed by atoms with Crippen molar-refractivity contribution in [3.8, 4) is 0 Å². The Labute approximate surface area is 202 Å². The lowest BCUT2D eigenvalue weighted by Crippen LogP contribution is -2.47. The van der Waals surface area contributed by atoms with Crippen LogP contribution in [0.5, 0.6) is 0 Å². The van der Waals surface area contributed by atoms with Crippen molar-refractivity contribution in [1.82, 2.24) is 20.2 Å². The van der Waals surface area contributed by atoms with Crippen LogP contribution in [0.1, 0.15) is 15.9 Å². The Morgan fingerprint density at radius 1 is 0.800 bits per heavy atom. The highest BCUT2D eigenvalue weighted by Gasteiger charge is 2.21. The molecular weight excluding hydrogens is 445 g/mol. The van der Waals surface area contributed by atoms with Gasteiger partial charge in [-0.3, -0.25) is 4.79 Å². The van der Waals surface area contributed by atoms with E-state index in [0.717, 1.165) is 43.4 Å². The van der Waals surface area contributed by atoms with E-state index >= 15 is 0 Å². The SMILES string of the molecule is O=C(c1ccnnc1)N(Cc1ccc(N2CCN(c3ccccn3)CC2)nc1)c1ccc(F)cc1. The van der Waals surface area contributed by atoms with Crippen molar-refractivity contribution in [2.75, 3.05) is 40.9 Å². The summed E-state index contributed by atoms with van der Waals surface area (Å²) in [6.07, 6.45) is 6.49. The molecule has 0 spiro atoms. The molecule has 1 aliphatic rings. The minimum absolute atomic E-state index is 0.249. The van der Waals surface area contributed by atoms with Gasteiger partial charge in [-0.05, 0) is 54.1 Å². The van der Waals surface area contributed by atoms with Gasteiger partial charge in [-0.15, -0.1) is 0 Å². The molecule has 0 atom stereocenters. The molecule has 5 rings (SSSR count). The standard InChI is InChI=1S/C26H24FN7O/c27-22-5-7-23(8-6-22)34(26(35)21-10-12-30-31-18-21)19-20-4-9-25(29-17-20)33-15-13-32(14-16-33)24-3-1-2-11-28-24/h1-12,17-18H,13-16,19H2. The number of nitrogens with zero attached hydrogens (tertiary/aromatic N) is 7. The van der Waals surface area contributed by atoms with E-state index in [1.807, 2.05) is 36.5 Å². The van der Waals surface area contributed by atoms with Gasteiger partial charge < -0.3 is 14.7 Å². The first-order valence-electron chi connectivity index (χ1n) is 11.4. The molecule has 0 saturated carbocycles. The van der Waals surface area contributed by atoms with Crippen LogP contribution in [0.3, 0.4) is 0 Å². The van der Waals surface area contributed by atoms with Crippen molar-refractivity contribution in [3.05, 3.63) is 102 Å². The maximum absolute atomic E-state index is 13.5. The highest BCUT2D eigenvalue weighted by atomic mass is 19.1. The van der Waals surface area contributed by atoms with Gasteiger partial charge in [0, 0.05) is 44.3 Å². The van der Waals surface area contributed by atoms with Crippen LogP contribution >= 0.6 is 0 Å². The van der Waals surface area contributed by atoms with Gasteiger partial charge in [0.1, 0.15) is 17.5 Å². The third-order valence-corrected chi connectivity index (χ3v) is 5.94. The Kier molecular flexibility index (Phi) is 6.56. The zero-order valence-corrected chi connectivity index (χ0v) is 19.0. The van der Waals surface area contributed by atoms with E-state index in [0.29, 0.717) is 11.3 Å². The maximum atomic E-state index is 13.5. The van der Waals surface area contributed by atoms with Crippen molar-refractivity contribution < 1.29 is 9.18 Å². The molecule has 0 unspecified atom stereocenters. The number of carbonyl (C=O) groups excluding carboxylic acids is 1. The van der Waals surface area contributed by atoms with Crippen molar-refractivity contribution in [2.24, 2.45) is 0 Å². The zero-order valence-electron chi connectivity index (χ0n) is 19.0. The summed E-state index contributed by atoms with van der Waals surface area (Å²) in [4.78, 5) is 28.4. The Morgan fingerprint density at radius 3 is 2.14 bits per heavy atom. The summed E-state index contributed by atoms with van der Waals surface area (Å²) in [5, 5.41) is 7.55. The summed E-state index contributed by atoms with van der Waals surface area (Å²) in [5.74, 6) is 1.28. The van der Waals surface area contributed by atoms with E-state index in [-0.39, 0.29) is 18.3 Å². The summed E-state index contributed by atoms with van der Waals surface area (Å²) < 4.78 is 13.5. The normalized spacial score (nSPS) is 13.5. The number of aromatic nitrogens is 4. The molecule has 0 N–H and O–H groups in total. The van der Waals surface area contributed by atoms with Gasteiger partial charge in [-0.2, -0.15) is 10.2 Å². The number of benzene rings is 1. The van der Waals surface area contributed by atoms with E-state index < -0.39 is 0 Å². The number of hydrogen-bond donors (Lipinski definition) is 0. The summed E-state index contributed by atoms with van der Waals surface area (Å²) in [6, 6.07) is 17.4. The Bertz CT molecular complexity index is 1250. The predicted octanol–water partition coefficient (Wildman–Crippen LogP) is 3.58. The number of piperazine rings is 1. The fraction of sp³-hybridized carbons (Fsp3) is 0.192. The van der Waals surface area contributed by atoms with Crippen LogP contribution in [0.15, 0.2) is 85.5 Å². The molecule has 1 aliphatic heterocycles. The van der Waals surface area contributed by atoms with Crippen LogP contribution in [0, 0.1) is 5.82 Å². The molecule has 1 aromatic carbocycles. The molecule has 0 aliphatic carbocycles. The van der Waals surface area contributed by atoms with Gasteiger partial charge in [0.15, 0.2) is 0 Å². The second kappa shape index (κ2) is 10.3. The average Bonchev–Trinajstić information content (AvgIpc) is 2.93. The molecule has 0 radical (unpaired) electrons. The van der Waals surface area contributed by atoms with E-state index in [2.05, 4.69) is 30.0 Å². The number of pyridine rings is 2. The minimum Gasteiger partial charge on any atom is -0.353 e. The van der Waals surface area contributed by atoms with Crippen molar-refractivity contribution in [2.45, 2.75) is 6.54 Å². The van der Waals surface area contributed by atoms with Crippen LogP contribution in [0.4, 0.5) is 21.7 Å². The van der Waals surface area contributed by atoms with Crippen LogP contribution in [-0.4, -0.2) is 52.3 Å². The number of anilines is 3. The molecule has 176 valence electrons. The molecule has 0 bridgehead atoms. The minimum atomic E-state index is -0.360. The van der Waals surface area contributed by atoms with Crippen molar-refractivity contribution in [1.29, 1.82) is 0 Å². The lowest BCUT2D eigenvalue weighted by molar-refractivity contribution is 0.0984. The number of carbonyl (C=O) groups is 1. The molecule has 3 aromatic heterocycles. The second-order valence-electron chi connectivity index (χ2n) is 8.19. The Morgan fingerprint density at radius 2 is 1.54 bits per heavy atom. The van der Waals surface area contributed by atoms with E-state index in [9.17, 15) is 9.18 Å². The lowest BCUT2D eigenvalue weighted by Gasteiger charge is -2.36. The topological polar surface area (TPSA) is 78.4 Å². The number of halogens is 1. The summed E-state index contributed by atoms with van der Waals surface area (Å²) in [5.41, 5.74) is 1.85. The molecule has 1 amide bonds. The second-order valence-corrected chi connectivity index (χ2v) is 8.19. The first-order valence-corrected chi connectivity index (χ1v) is 11.4. The van der Waals surface area contributed by atoms with Crippen molar-refractivity contribution >= 4 is 23.2 Å². The Hall–Kier alpha value is -4.40. The summed E-state index contributed by atoms with van der Waals surface area (Å²) in [7, 11) is 0. The van der Waals surface area contributed by atoms with Gasteiger partial charge in [0.2, 0.25) is 0 Å². The van der Waals surface area contributed by atoms with Crippen LogP contribution < -0.4 is 14.7 Å². The first-order chi connectivity index (χ1) is 17.2. The van der Waals surface area contributed by atoms with E-state index in [1.165, 1.54) is 24.5 Å². The highest BCUT2D eigenvalue weighted by molar-refractivity contribution is 6.05.